The number of hydrogen-bond donors (Lipinski definition) is 2. The molecule has 0 aliphatic rings. The van der Waals surface area contributed by atoms with Gasteiger partial charge in [0.05, 0.1) is 6.20 Å². The van der Waals surface area contributed by atoms with Crippen LogP contribution in [0.25, 0.3) is 5.65 Å². The Bertz CT molecular complexity index is 489. The highest BCUT2D eigenvalue weighted by atomic mass is 16.2. The molecular weight excluding hydrogens is 180 g/mol. The Morgan fingerprint density at radius 1 is 1.57 bits per heavy atom. The van der Waals surface area contributed by atoms with Crippen LogP contribution in [0.1, 0.15) is 16.2 Å². The molecule has 0 saturated carbocycles. The van der Waals surface area contributed by atoms with Gasteiger partial charge in [-0.3, -0.25) is 14.6 Å². The molecule has 5 nitrogen and oxygen atoms in total. The Hall–Kier alpha value is -1.88. The zero-order chi connectivity index (χ0) is 10.1. The minimum absolute atomic E-state index is 0.341. The number of nitrogens with one attached hydrogen (secondary N) is 1. The first kappa shape index (κ1) is 8.71. The molecule has 1 amide bonds. The zero-order valence-electron chi connectivity index (χ0n) is 7.69. The SMILES string of the molecule is Cc1cccc2ncc(C(=O)NN)n12. The summed E-state index contributed by atoms with van der Waals surface area (Å²) in [5.74, 6) is 4.72. The van der Waals surface area contributed by atoms with Gasteiger partial charge >= 0.3 is 0 Å². The molecule has 5 heteroatoms. The number of aryl methyl sites for hydroxylation is 1. The molecule has 0 aliphatic carbocycles. The first-order valence-corrected chi connectivity index (χ1v) is 4.18. The Labute approximate surface area is 80.5 Å². The standard InChI is InChI=1S/C9H10N4O/c1-6-3-2-4-8-11-5-7(13(6)8)9(14)12-10/h2-5H,10H2,1H3,(H,12,14). The van der Waals surface area contributed by atoms with Gasteiger partial charge in [-0.25, -0.2) is 10.8 Å². The van der Waals surface area contributed by atoms with Crippen molar-refractivity contribution < 1.29 is 4.79 Å². The minimum Gasteiger partial charge on any atom is -0.293 e. The van der Waals surface area contributed by atoms with Crippen LogP contribution in [0, 0.1) is 6.92 Å². The smallest absolute Gasteiger partial charge is 0.283 e. The number of carbonyl (C=O) groups is 1. The largest absolute Gasteiger partial charge is 0.293 e. The van der Waals surface area contributed by atoms with Gasteiger partial charge in [-0.15, -0.1) is 0 Å². The van der Waals surface area contributed by atoms with Gasteiger partial charge < -0.3 is 0 Å². The van der Waals surface area contributed by atoms with Crippen LogP contribution in [0.3, 0.4) is 0 Å². The van der Waals surface area contributed by atoms with E-state index in [1.807, 2.05) is 25.1 Å². The second kappa shape index (κ2) is 3.12. The van der Waals surface area contributed by atoms with E-state index in [1.165, 1.54) is 6.20 Å². The van der Waals surface area contributed by atoms with Crippen molar-refractivity contribution in [2.24, 2.45) is 5.84 Å². The summed E-state index contributed by atoms with van der Waals surface area (Å²) in [5, 5.41) is 0. The summed E-state index contributed by atoms with van der Waals surface area (Å²) in [7, 11) is 0. The van der Waals surface area contributed by atoms with Gasteiger partial charge in [-0.2, -0.15) is 0 Å². The number of nitrogens with two attached hydrogens (primary N) is 1. The predicted octanol–water partition coefficient (Wildman–Crippen LogP) is 0.246. The predicted molar refractivity (Wildman–Crippen MR) is 51.6 cm³/mol. The van der Waals surface area contributed by atoms with Gasteiger partial charge in [0.1, 0.15) is 11.3 Å². The summed E-state index contributed by atoms with van der Waals surface area (Å²) in [6, 6.07) is 5.63. The van der Waals surface area contributed by atoms with Crippen molar-refractivity contribution in [3.05, 3.63) is 35.8 Å². The maximum absolute atomic E-state index is 11.3. The van der Waals surface area contributed by atoms with Crippen LogP contribution in [0.5, 0.6) is 0 Å². The molecule has 0 saturated heterocycles. The highest BCUT2D eigenvalue weighted by molar-refractivity contribution is 5.92. The second-order valence-corrected chi connectivity index (χ2v) is 2.98. The lowest BCUT2D eigenvalue weighted by molar-refractivity contribution is 0.0947. The van der Waals surface area contributed by atoms with Crippen molar-refractivity contribution in [3.8, 4) is 0 Å². The summed E-state index contributed by atoms with van der Waals surface area (Å²) in [6.45, 7) is 1.90. The average Bonchev–Trinajstić information content (AvgIpc) is 2.62. The lowest BCUT2D eigenvalue weighted by Gasteiger charge is -2.02. The summed E-state index contributed by atoms with van der Waals surface area (Å²) < 4.78 is 1.75. The molecule has 2 rings (SSSR count). The van der Waals surface area contributed by atoms with Crippen LogP contribution in [0.4, 0.5) is 0 Å². The molecule has 0 aromatic carbocycles. The molecule has 72 valence electrons. The third-order valence-corrected chi connectivity index (χ3v) is 2.09. The van der Waals surface area contributed by atoms with Crippen LogP contribution in [-0.4, -0.2) is 15.3 Å². The maximum Gasteiger partial charge on any atom is 0.283 e. The zero-order valence-corrected chi connectivity index (χ0v) is 7.69. The van der Waals surface area contributed by atoms with E-state index in [9.17, 15) is 4.79 Å². The fourth-order valence-electron chi connectivity index (χ4n) is 1.44. The fourth-order valence-corrected chi connectivity index (χ4v) is 1.44. The number of amides is 1. The average molecular weight is 190 g/mol. The van der Waals surface area contributed by atoms with E-state index in [0.29, 0.717) is 5.69 Å². The van der Waals surface area contributed by atoms with Gasteiger partial charge in [0.25, 0.3) is 5.91 Å². The highest BCUT2D eigenvalue weighted by Gasteiger charge is 2.11. The van der Waals surface area contributed by atoms with E-state index in [1.54, 1.807) is 4.40 Å². The van der Waals surface area contributed by atoms with Gasteiger partial charge in [0.15, 0.2) is 0 Å². The highest BCUT2D eigenvalue weighted by Crippen LogP contribution is 2.09. The van der Waals surface area contributed by atoms with Crippen LogP contribution in [0.15, 0.2) is 24.4 Å². The van der Waals surface area contributed by atoms with Crippen LogP contribution in [-0.2, 0) is 0 Å². The van der Waals surface area contributed by atoms with Crippen LogP contribution in [0.2, 0.25) is 0 Å². The first-order chi connectivity index (χ1) is 6.74. The second-order valence-electron chi connectivity index (χ2n) is 2.98. The van der Waals surface area contributed by atoms with Crippen molar-refractivity contribution in [1.29, 1.82) is 0 Å². The fraction of sp³-hybridized carbons (Fsp3) is 0.111. The molecule has 2 aromatic heterocycles. The third kappa shape index (κ3) is 1.14. The van der Waals surface area contributed by atoms with Crippen LogP contribution < -0.4 is 11.3 Å². The number of rotatable bonds is 1. The normalized spacial score (nSPS) is 10.4. The van der Waals surface area contributed by atoms with Gasteiger partial charge in [-0.05, 0) is 19.1 Å². The number of nitrogens with zero attached hydrogens (tertiary/aromatic N) is 2. The van der Waals surface area contributed by atoms with Crippen molar-refractivity contribution >= 4 is 11.6 Å². The molecule has 2 heterocycles. The molecule has 3 N–H and O–H groups in total. The summed E-state index contributed by atoms with van der Waals surface area (Å²) >= 11 is 0. The minimum atomic E-state index is -0.341. The van der Waals surface area contributed by atoms with E-state index >= 15 is 0 Å². The number of fused-ring (bicyclic) bond motifs is 1. The molecule has 14 heavy (non-hydrogen) atoms. The van der Waals surface area contributed by atoms with E-state index in [2.05, 4.69) is 10.4 Å². The van der Waals surface area contributed by atoms with Crippen molar-refractivity contribution in [3.63, 3.8) is 0 Å². The van der Waals surface area contributed by atoms with Gasteiger partial charge in [-0.1, -0.05) is 6.07 Å². The number of hydrogen-bond acceptors (Lipinski definition) is 3. The van der Waals surface area contributed by atoms with Crippen molar-refractivity contribution in [2.75, 3.05) is 0 Å². The lowest BCUT2D eigenvalue weighted by Crippen LogP contribution is -2.31. The topological polar surface area (TPSA) is 72.4 Å². The van der Waals surface area contributed by atoms with Crippen LogP contribution >= 0.6 is 0 Å². The summed E-state index contributed by atoms with van der Waals surface area (Å²) in [4.78, 5) is 15.4. The number of aromatic nitrogens is 2. The van der Waals surface area contributed by atoms with E-state index in [0.717, 1.165) is 11.3 Å². The van der Waals surface area contributed by atoms with E-state index in [4.69, 9.17) is 5.84 Å². The Kier molecular flexibility index (Phi) is 1.94. The quantitative estimate of drug-likeness (QED) is 0.384. The number of imidazole rings is 1. The molecule has 0 aliphatic heterocycles. The number of hydrazine groups is 1. The number of carbonyl (C=O) groups excluding carboxylic acids is 1. The molecule has 0 fully saturated rings. The first-order valence-electron chi connectivity index (χ1n) is 4.18. The Morgan fingerprint density at radius 3 is 3.07 bits per heavy atom. The maximum atomic E-state index is 11.3. The molecule has 0 radical (unpaired) electrons. The van der Waals surface area contributed by atoms with Gasteiger partial charge in [0.2, 0.25) is 0 Å². The summed E-state index contributed by atoms with van der Waals surface area (Å²) in [5.41, 5.74) is 4.21. The molecule has 0 spiro atoms. The monoisotopic (exact) mass is 190 g/mol. The molecule has 0 unspecified atom stereocenters. The lowest BCUT2D eigenvalue weighted by atomic mass is 10.3. The Morgan fingerprint density at radius 2 is 2.36 bits per heavy atom. The molecular formula is C9H10N4O. The van der Waals surface area contributed by atoms with Crippen molar-refractivity contribution in [1.82, 2.24) is 14.8 Å². The van der Waals surface area contributed by atoms with Crippen molar-refractivity contribution in [2.45, 2.75) is 6.92 Å². The third-order valence-electron chi connectivity index (χ3n) is 2.09. The Balaban J connectivity index is 2.73. The van der Waals surface area contributed by atoms with E-state index < -0.39 is 0 Å². The number of nitrogen functional groups attached to an aromatic ring is 1. The molecule has 2 aromatic rings. The number of pyridine rings is 1. The van der Waals surface area contributed by atoms with Gasteiger partial charge in [0, 0.05) is 5.69 Å². The van der Waals surface area contributed by atoms with E-state index in [-0.39, 0.29) is 5.91 Å². The summed E-state index contributed by atoms with van der Waals surface area (Å²) in [6.07, 6.45) is 1.50. The molecule has 0 bridgehead atoms. The molecule has 0 atom stereocenters.